The van der Waals surface area contributed by atoms with Crippen LogP contribution in [0, 0.1) is 12.7 Å². The zero-order valence-electron chi connectivity index (χ0n) is 12.8. The maximum Gasteiger partial charge on any atom is 0.255 e. The molecule has 2 aromatic rings. The molecule has 23 heavy (non-hydrogen) atoms. The minimum atomic E-state index is -0.299. The molecule has 5 heteroatoms. The van der Waals surface area contributed by atoms with E-state index in [4.69, 9.17) is 0 Å². The standard InChI is InChI=1S/C18H18FNOS2/c1-12-11-15(19)7-8-16(12)20-17(21)13-3-5-14(6-4-13)18-22-9-2-10-23-18/h3-8,11,18H,2,9-10H2,1H3,(H,20,21). The van der Waals surface area contributed by atoms with Gasteiger partial charge in [-0.2, -0.15) is 0 Å². The molecule has 2 aromatic carbocycles. The predicted molar refractivity (Wildman–Crippen MR) is 97.8 cm³/mol. The molecule has 1 amide bonds. The van der Waals surface area contributed by atoms with Gasteiger partial charge in [-0.15, -0.1) is 23.5 Å². The Morgan fingerprint density at radius 2 is 1.83 bits per heavy atom. The molecule has 0 atom stereocenters. The lowest BCUT2D eigenvalue weighted by Crippen LogP contribution is -2.13. The fraction of sp³-hybridized carbons (Fsp3) is 0.278. The van der Waals surface area contributed by atoms with E-state index in [1.165, 1.54) is 35.6 Å². The van der Waals surface area contributed by atoms with E-state index >= 15 is 0 Å². The van der Waals surface area contributed by atoms with Gasteiger partial charge >= 0.3 is 0 Å². The Kier molecular flexibility index (Phi) is 5.28. The zero-order chi connectivity index (χ0) is 16.2. The van der Waals surface area contributed by atoms with Crippen LogP contribution in [0.2, 0.25) is 0 Å². The lowest BCUT2D eigenvalue weighted by molar-refractivity contribution is 0.102. The molecular weight excluding hydrogens is 329 g/mol. The van der Waals surface area contributed by atoms with E-state index in [0.29, 0.717) is 21.4 Å². The van der Waals surface area contributed by atoms with Gasteiger partial charge in [0, 0.05) is 11.3 Å². The van der Waals surface area contributed by atoms with Crippen LogP contribution in [0.1, 0.15) is 32.5 Å². The summed E-state index contributed by atoms with van der Waals surface area (Å²) < 4.78 is 13.6. The van der Waals surface area contributed by atoms with Crippen LogP contribution in [0.4, 0.5) is 10.1 Å². The van der Waals surface area contributed by atoms with Crippen molar-refractivity contribution in [2.75, 3.05) is 16.8 Å². The molecule has 1 heterocycles. The predicted octanol–water partition coefficient (Wildman–Crippen LogP) is 5.26. The normalized spacial score (nSPS) is 15.4. The minimum absolute atomic E-state index is 0.171. The van der Waals surface area contributed by atoms with E-state index in [0.717, 1.165) is 0 Å². The van der Waals surface area contributed by atoms with Gasteiger partial charge in [0.1, 0.15) is 5.82 Å². The summed E-state index contributed by atoms with van der Waals surface area (Å²) in [4.78, 5) is 12.3. The van der Waals surface area contributed by atoms with Gasteiger partial charge in [0.25, 0.3) is 5.91 Å². The third kappa shape index (κ3) is 4.09. The molecule has 0 aliphatic carbocycles. The fourth-order valence-corrected chi connectivity index (χ4v) is 5.33. The quantitative estimate of drug-likeness (QED) is 0.821. The number of halogens is 1. The molecule has 0 bridgehead atoms. The monoisotopic (exact) mass is 347 g/mol. The van der Waals surface area contributed by atoms with Crippen LogP contribution in [0.5, 0.6) is 0 Å². The van der Waals surface area contributed by atoms with E-state index in [2.05, 4.69) is 5.32 Å². The van der Waals surface area contributed by atoms with Crippen molar-refractivity contribution in [3.05, 3.63) is 65.0 Å². The molecule has 0 saturated carbocycles. The second-order valence-electron chi connectivity index (χ2n) is 5.46. The Bertz CT molecular complexity index is 697. The summed E-state index contributed by atoms with van der Waals surface area (Å²) >= 11 is 3.93. The molecule has 120 valence electrons. The molecule has 2 nitrogen and oxygen atoms in total. The first-order valence-electron chi connectivity index (χ1n) is 7.54. The molecule has 1 fully saturated rings. The first-order chi connectivity index (χ1) is 11.1. The van der Waals surface area contributed by atoms with Crippen LogP contribution in [-0.4, -0.2) is 17.4 Å². The second kappa shape index (κ2) is 7.41. The van der Waals surface area contributed by atoms with E-state index in [1.54, 1.807) is 13.0 Å². The molecule has 0 unspecified atom stereocenters. The van der Waals surface area contributed by atoms with Crippen molar-refractivity contribution < 1.29 is 9.18 Å². The molecule has 0 spiro atoms. The van der Waals surface area contributed by atoms with Gasteiger partial charge in [0.2, 0.25) is 0 Å². The number of nitrogens with one attached hydrogen (secondary N) is 1. The highest BCUT2D eigenvalue weighted by molar-refractivity contribution is 8.16. The van der Waals surface area contributed by atoms with Crippen molar-refractivity contribution >= 4 is 35.1 Å². The van der Waals surface area contributed by atoms with E-state index in [1.807, 2.05) is 47.8 Å². The Labute approximate surface area is 144 Å². The smallest absolute Gasteiger partial charge is 0.255 e. The van der Waals surface area contributed by atoms with Gasteiger partial charge in [0.05, 0.1) is 4.58 Å². The van der Waals surface area contributed by atoms with Gasteiger partial charge in [0.15, 0.2) is 0 Å². The lowest BCUT2D eigenvalue weighted by Gasteiger charge is -2.21. The fourth-order valence-electron chi connectivity index (χ4n) is 2.43. The molecule has 3 rings (SSSR count). The largest absolute Gasteiger partial charge is 0.322 e. The second-order valence-corrected chi connectivity index (χ2v) is 8.19. The first-order valence-corrected chi connectivity index (χ1v) is 9.64. The van der Waals surface area contributed by atoms with Crippen molar-refractivity contribution in [2.24, 2.45) is 0 Å². The van der Waals surface area contributed by atoms with Crippen LogP contribution in [0.3, 0.4) is 0 Å². The summed E-state index contributed by atoms with van der Waals surface area (Å²) in [5.41, 5.74) is 3.22. The van der Waals surface area contributed by atoms with Crippen molar-refractivity contribution in [2.45, 2.75) is 17.9 Å². The van der Waals surface area contributed by atoms with Crippen molar-refractivity contribution in [1.82, 2.24) is 0 Å². The third-order valence-corrected chi connectivity index (χ3v) is 6.72. The number of carbonyl (C=O) groups excluding carboxylic acids is 1. The topological polar surface area (TPSA) is 29.1 Å². The maximum atomic E-state index is 13.1. The van der Waals surface area contributed by atoms with Gasteiger partial charge in [-0.05, 0) is 66.3 Å². The highest BCUT2D eigenvalue weighted by Gasteiger charge is 2.17. The van der Waals surface area contributed by atoms with Crippen molar-refractivity contribution in [3.8, 4) is 0 Å². The highest BCUT2D eigenvalue weighted by Crippen LogP contribution is 2.43. The number of anilines is 1. The number of thioether (sulfide) groups is 2. The molecule has 1 aliphatic rings. The Morgan fingerprint density at radius 3 is 2.48 bits per heavy atom. The summed E-state index contributed by atoms with van der Waals surface area (Å²) in [6.07, 6.45) is 1.27. The van der Waals surface area contributed by atoms with Gasteiger partial charge < -0.3 is 5.32 Å². The number of aryl methyl sites for hydroxylation is 1. The van der Waals surface area contributed by atoms with Gasteiger partial charge in [-0.1, -0.05) is 12.1 Å². The van der Waals surface area contributed by atoms with Crippen LogP contribution in [0.15, 0.2) is 42.5 Å². The molecule has 0 aromatic heterocycles. The third-order valence-electron chi connectivity index (χ3n) is 3.71. The summed E-state index contributed by atoms with van der Waals surface area (Å²) in [6, 6.07) is 12.1. The van der Waals surface area contributed by atoms with E-state index < -0.39 is 0 Å². The summed E-state index contributed by atoms with van der Waals surface area (Å²) in [7, 11) is 0. The maximum absolute atomic E-state index is 13.1. The van der Waals surface area contributed by atoms with Crippen LogP contribution >= 0.6 is 23.5 Å². The van der Waals surface area contributed by atoms with Gasteiger partial charge in [-0.25, -0.2) is 4.39 Å². The zero-order valence-corrected chi connectivity index (χ0v) is 14.5. The molecule has 1 aliphatic heterocycles. The Balaban J connectivity index is 1.69. The average molecular weight is 347 g/mol. The minimum Gasteiger partial charge on any atom is -0.322 e. The van der Waals surface area contributed by atoms with Crippen LogP contribution < -0.4 is 5.32 Å². The van der Waals surface area contributed by atoms with Crippen LogP contribution in [-0.2, 0) is 0 Å². The number of hydrogen-bond acceptors (Lipinski definition) is 3. The van der Waals surface area contributed by atoms with Crippen molar-refractivity contribution in [1.29, 1.82) is 0 Å². The molecule has 0 radical (unpaired) electrons. The summed E-state index contributed by atoms with van der Waals surface area (Å²) in [5, 5.41) is 2.84. The number of hydrogen-bond donors (Lipinski definition) is 1. The Hall–Kier alpha value is -1.46. The lowest BCUT2D eigenvalue weighted by atomic mass is 10.1. The number of carbonyl (C=O) groups is 1. The van der Waals surface area contributed by atoms with Crippen LogP contribution in [0.25, 0.3) is 0 Å². The summed E-state index contributed by atoms with van der Waals surface area (Å²) in [5.74, 6) is 1.93. The number of amides is 1. The highest BCUT2D eigenvalue weighted by atomic mass is 32.2. The molecule has 1 saturated heterocycles. The summed E-state index contributed by atoms with van der Waals surface area (Å²) in [6.45, 7) is 1.78. The van der Waals surface area contributed by atoms with E-state index in [9.17, 15) is 9.18 Å². The number of benzene rings is 2. The number of rotatable bonds is 3. The Morgan fingerprint density at radius 1 is 1.13 bits per heavy atom. The molecular formula is C18H18FNOS2. The van der Waals surface area contributed by atoms with E-state index in [-0.39, 0.29) is 11.7 Å². The molecule has 1 N–H and O–H groups in total. The first kappa shape index (κ1) is 16.4. The SMILES string of the molecule is Cc1cc(F)ccc1NC(=O)c1ccc(C2SCCCS2)cc1. The van der Waals surface area contributed by atoms with Gasteiger partial charge in [-0.3, -0.25) is 4.79 Å². The average Bonchev–Trinajstić information content (AvgIpc) is 2.58. The van der Waals surface area contributed by atoms with Crippen molar-refractivity contribution in [3.63, 3.8) is 0 Å².